The van der Waals surface area contributed by atoms with Crippen molar-refractivity contribution >= 4 is 29.1 Å². The summed E-state index contributed by atoms with van der Waals surface area (Å²) in [4.78, 5) is 28.2. The molecule has 1 fully saturated rings. The molecule has 1 aliphatic carbocycles. The summed E-state index contributed by atoms with van der Waals surface area (Å²) < 4.78 is 20.2. The smallest absolute Gasteiger partial charge is 0.295 e. The van der Waals surface area contributed by atoms with Gasteiger partial charge in [-0.3, -0.25) is 14.5 Å². The first kappa shape index (κ1) is 21.1. The van der Waals surface area contributed by atoms with E-state index in [1.807, 2.05) is 0 Å². The molecule has 0 saturated heterocycles. The Balaban J connectivity index is 1.84. The minimum atomic E-state index is -1.26. The quantitative estimate of drug-likeness (QED) is 0.549. The summed E-state index contributed by atoms with van der Waals surface area (Å²) in [5.74, 6) is -1.61. The maximum atomic E-state index is 14.9. The van der Waals surface area contributed by atoms with Crippen molar-refractivity contribution in [1.82, 2.24) is 5.32 Å². The van der Waals surface area contributed by atoms with E-state index in [1.165, 1.54) is 29.4 Å². The third-order valence-electron chi connectivity index (χ3n) is 5.47. The Labute approximate surface area is 184 Å². The second kappa shape index (κ2) is 9.35. The van der Waals surface area contributed by atoms with Crippen LogP contribution in [0.25, 0.3) is 0 Å². The number of hydrogen-bond acceptors (Lipinski definition) is 3. The number of furan rings is 1. The maximum Gasteiger partial charge on any atom is 0.295 e. The molecule has 5 nitrogen and oxygen atoms in total. The van der Waals surface area contributed by atoms with Crippen LogP contribution in [0.1, 0.15) is 47.8 Å². The highest BCUT2D eigenvalue weighted by molar-refractivity contribution is 6.34. The van der Waals surface area contributed by atoms with E-state index in [-0.39, 0.29) is 22.4 Å². The third kappa shape index (κ3) is 4.49. The fourth-order valence-electron chi connectivity index (χ4n) is 3.98. The van der Waals surface area contributed by atoms with Gasteiger partial charge in [-0.15, -0.1) is 0 Å². The van der Waals surface area contributed by atoms with Gasteiger partial charge in [0.1, 0.15) is 11.9 Å². The summed E-state index contributed by atoms with van der Waals surface area (Å²) in [6.07, 6.45) is 5.13. The van der Waals surface area contributed by atoms with Gasteiger partial charge in [-0.1, -0.05) is 54.8 Å². The number of carbonyl (C=O) groups excluding carboxylic acids is 2. The lowest BCUT2D eigenvalue weighted by atomic mass is 10.0. The van der Waals surface area contributed by atoms with E-state index < -0.39 is 23.7 Å². The monoisotopic (exact) mass is 440 g/mol. The maximum absolute atomic E-state index is 14.9. The zero-order valence-corrected chi connectivity index (χ0v) is 17.5. The van der Waals surface area contributed by atoms with Crippen LogP contribution in [-0.4, -0.2) is 17.9 Å². The van der Waals surface area contributed by atoms with E-state index in [1.54, 1.807) is 42.5 Å². The summed E-state index contributed by atoms with van der Waals surface area (Å²) in [6.45, 7) is 0. The molecule has 3 aromatic rings. The van der Waals surface area contributed by atoms with E-state index >= 15 is 0 Å². The molecule has 1 atom stereocenters. The van der Waals surface area contributed by atoms with Gasteiger partial charge in [-0.2, -0.15) is 0 Å². The van der Waals surface area contributed by atoms with Gasteiger partial charge in [-0.25, -0.2) is 4.39 Å². The van der Waals surface area contributed by atoms with Gasteiger partial charge < -0.3 is 9.73 Å². The van der Waals surface area contributed by atoms with Crippen molar-refractivity contribution in [3.05, 3.63) is 89.1 Å². The van der Waals surface area contributed by atoms with Crippen molar-refractivity contribution in [3.63, 3.8) is 0 Å². The van der Waals surface area contributed by atoms with Crippen molar-refractivity contribution in [1.29, 1.82) is 0 Å². The molecule has 2 aromatic carbocycles. The van der Waals surface area contributed by atoms with Crippen LogP contribution in [-0.2, 0) is 4.79 Å². The van der Waals surface area contributed by atoms with Crippen LogP contribution < -0.4 is 10.2 Å². The minimum Gasteiger partial charge on any atom is -0.459 e. The van der Waals surface area contributed by atoms with Gasteiger partial charge in [0.25, 0.3) is 5.91 Å². The van der Waals surface area contributed by atoms with E-state index in [4.69, 9.17) is 16.0 Å². The molecule has 4 rings (SSSR count). The fourth-order valence-corrected chi connectivity index (χ4v) is 4.20. The number of halogens is 2. The lowest BCUT2D eigenvalue weighted by molar-refractivity contribution is -0.123. The minimum absolute atomic E-state index is 0.00594. The summed E-state index contributed by atoms with van der Waals surface area (Å²) in [5.41, 5.74) is 0.373. The molecule has 1 heterocycles. The molecule has 1 unspecified atom stereocenters. The summed E-state index contributed by atoms with van der Waals surface area (Å²) in [7, 11) is 0. The molecule has 0 bridgehead atoms. The highest BCUT2D eigenvalue weighted by Gasteiger charge is 2.37. The number of rotatable bonds is 6. The normalized spacial score (nSPS) is 14.9. The summed E-state index contributed by atoms with van der Waals surface area (Å²) in [6, 6.07) is 14.4. The van der Waals surface area contributed by atoms with Gasteiger partial charge in [-0.05, 0) is 43.2 Å². The molecule has 160 valence electrons. The number of amides is 2. The molecule has 1 N–H and O–H groups in total. The van der Waals surface area contributed by atoms with Crippen LogP contribution in [0.2, 0.25) is 5.02 Å². The van der Waals surface area contributed by atoms with Crippen LogP contribution in [0.3, 0.4) is 0 Å². The van der Waals surface area contributed by atoms with Crippen molar-refractivity contribution < 1.29 is 18.4 Å². The van der Waals surface area contributed by atoms with Crippen molar-refractivity contribution in [2.75, 3.05) is 4.90 Å². The number of benzene rings is 2. The largest absolute Gasteiger partial charge is 0.459 e. The first-order valence-corrected chi connectivity index (χ1v) is 10.6. The topological polar surface area (TPSA) is 62.6 Å². The van der Waals surface area contributed by atoms with E-state index in [2.05, 4.69) is 5.32 Å². The average molecular weight is 441 g/mol. The van der Waals surface area contributed by atoms with Crippen molar-refractivity contribution in [2.45, 2.75) is 37.8 Å². The van der Waals surface area contributed by atoms with Crippen LogP contribution in [0.4, 0.5) is 10.1 Å². The Kier molecular flexibility index (Phi) is 6.37. The van der Waals surface area contributed by atoms with Gasteiger partial charge in [0.05, 0.1) is 17.0 Å². The molecular weight excluding hydrogens is 419 g/mol. The third-order valence-corrected chi connectivity index (χ3v) is 5.79. The van der Waals surface area contributed by atoms with Gasteiger partial charge in [0, 0.05) is 11.6 Å². The van der Waals surface area contributed by atoms with Gasteiger partial charge >= 0.3 is 0 Å². The second-order valence-corrected chi connectivity index (χ2v) is 7.93. The lowest BCUT2D eigenvalue weighted by Gasteiger charge is -2.32. The molecule has 31 heavy (non-hydrogen) atoms. The van der Waals surface area contributed by atoms with Gasteiger partial charge in [0.15, 0.2) is 5.76 Å². The number of nitrogens with zero attached hydrogens (tertiary/aromatic N) is 1. The van der Waals surface area contributed by atoms with E-state index in [9.17, 15) is 14.0 Å². The lowest BCUT2D eigenvalue weighted by Crippen LogP contribution is -2.46. The highest BCUT2D eigenvalue weighted by Crippen LogP contribution is 2.35. The Morgan fingerprint density at radius 1 is 1.03 bits per heavy atom. The molecule has 0 radical (unpaired) electrons. The van der Waals surface area contributed by atoms with Crippen molar-refractivity contribution in [2.24, 2.45) is 0 Å². The number of nitrogens with one attached hydrogen (secondary N) is 1. The number of anilines is 1. The zero-order chi connectivity index (χ0) is 21.8. The molecule has 1 aromatic heterocycles. The molecule has 0 aliphatic heterocycles. The Morgan fingerprint density at radius 3 is 2.42 bits per heavy atom. The standard InChI is InChI=1S/C24H22ClFN2O3/c25-18-11-4-6-13-20(18)28(24(30)21-14-7-15-31-21)22(17-10-3-5-12-19(17)26)23(29)27-16-8-1-2-9-16/h3-7,10-16,22H,1-2,8-9H2,(H,27,29). The Morgan fingerprint density at radius 2 is 1.74 bits per heavy atom. The van der Waals surface area contributed by atoms with Crippen molar-refractivity contribution in [3.8, 4) is 0 Å². The Hall–Kier alpha value is -3.12. The number of carbonyl (C=O) groups is 2. The first-order valence-electron chi connectivity index (χ1n) is 10.2. The molecule has 1 saturated carbocycles. The second-order valence-electron chi connectivity index (χ2n) is 7.52. The molecule has 7 heteroatoms. The predicted octanol–water partition coefficient (Wildman–Crippen LogP) is 5.52. The van der Waals surface area contributed by atoms with Crippen LogP contribution in [0, 0.1) is 5.82 Å². The summed E-state index contributed by atoms with van der Waals surface area (Å²) in [5, 5.41) is 3.26. The highest BCUT2D eigenvalue weighted by atomic mass is 35.5. The predicted molar refractivity (Wildman–Crippen MR) is 117 cm³/mol. The first-order chi connectivity index (χ1) is 15.1. The number of hydrogen-bond donors (Lipinski definition) is 1. The molecule has 1 aliphatic rings. The molecular formula is C24H22ClFN2O3. The average Bonchev–Trinajstić information content (AvgIpc) is 3.47. The summed E-state index contributed by atoms with van der Waals surface area (Å²) >= 11 is 6.42. The van der Waals surface area contributed by atoms with Crippen LogP contribution in [0.15, 0.2) is 71.3 Å². The van der Waals surface area contributed by atoms with Gasteiger partial charge in [0.2, 0.25) is 5.91 Å². The van der Waals surface area contributed by atoms with E-state index in [0.29, 0.717) is 5.69 Å². The SMILES string of the molecule is O=C(NC1CCCC1)C(c1ccccc1F)N(C(=O)c1ccco1)c1ccccc1Cl. The number of para-hydroxylation sites is 1. The molecule has 2 amide bonds. The zero-order valence-electron chi connectivity index (χ0n) is 16.8. The Bertz CT molecular complexity index is 1060. The molecule has 0 spiro atoms. The fraction of sp³-hybridized carbons (Fsp3) is 0.250. The van der Waals surface area contributed by atoms with Crippen LogP contribution in [0.5, 0.6) is 0 Å². The van der Waals surface area contributed by atoms with E-state index in [0.717, 1.165) is 25.7 Å². The van der Waals surface area contributed by atoms with Crippen LogP contribution >= 0.6 is 11.6 Å².